The summed E-state index contributed by atoms with van der Waals surface area (Å²) in [5, 5.41) is 7.28. The van der Waals surface area contributed by atoms with Gasteiger partial charge in [0.2, 0.25) is 0 Å². The van der Waals surface area contributed by atoms with Crippen molar-refractivity contribution in [2.75, 3.05) is 24.9 Å². The molecule has 0 bridgehead atoms. The van der Waals surface area contributed by atoms with E-state index in [-0.39, 0.29) is 0 Å². The maximum absolute atomic E-state index is 6.03. The molecule has 0 aliphatic heterocycles. The van der Waals surface area contributed by atoms with Gasteiger partial charge in [-0.1, -0.05) is 11.6 Å². The second kappa shape index (κ2) is 8.14. The van der Waals surface area contributed by atoms with E-state index in [2.05, 4.69) is 20.6 Å². The van der Waals surface area contributed by atoms with E-state index in [0.29, 0.717) is 28.2 Å². The van der Waals surface area contributed by atoms with Crippen molar-refractivity contribution < 1.29 is 9.47 Å². The molecule has 7 heteroatoms. The number of aromatic nitrogens is 2. The summed E-state index contributed by atoms with van der Waals surface area (Å²) < 4.78 is 10.7. The molecule has 0 radical (unpaired) electrons. The Hall–Kier alpha value is -2.99. The number of halogens is 1. The van der Waals surface area contributed by atoms with E-state index in [4.69, 9.17) is 21.1 Å². The molecule has 0 spiro atoms. The number of rotatable bonds is 6. The fraction of sp³-hybridized carbons (Fsp3) is 0.200. The van der Waals surface area contributed by atoms with Crippen LogP contribution in [0.4, 0.5) is 23.0 Å². The Balaban J connectivity index is 1.90. The summed E-state index contributed by atoms with van der Waals surface area (Å²) in [6.07, 6.45) is 0. The Labute approximate surface area is 163 Å². The van der Waals surface area contributed by atoms with Crippen molar-refractivity contribution in [3.05, 3.63) is 58.9 Å². The Bertz CT molecular complexity index is 963. The molecule has 0 amide bonds. The summed E-state index contributed by atoms with van der Waals surface area (Å²) in [6.45, 7) is 3.83. The van der Waals surface area contributed by atoms with Gasteiger partial charge in [0.15, 0.2) is 0 Å². The van der Waals surface area contributed by atoms with Crippen LogP contribution in [0.25, 0.3) is 0 Å². The minimum atomic E-state index is 0.635. The molecule has 0 saturated carbocycles. The van der Waals surface area contributed by atoms with Crippen molar-refractivity contribution in [2.24, 2.45) is 0 Å². The summed E-state index contributed by atoms with van der Waals surface area (Å²) in [7, 11) is 3.24. The van der Waals surface area contributed by atoms with Crippen LogP contribution in [0.3, 0.4) is 0 Å². The normalized spacial score (nSPS) is 10.4. The smallest absolute Gasteiger partial charge is 0.142 e. The maximum Gasteiger partial charge on any atom is 0.142 e. The highest BCUT2D eigenvalue weighted by molar-refractivity contribution is 6.30. The second-order valence-corrected chi connectivity index (χ2v) is 6.40. The van der Waals surface area contributed by atoms with E-state index in [0.717, 1.165) is 22.7 Å². The van der Waals surface area contributed by atoms with E-state index in [1.807, 2.05) is 56.3 Å². The molecule has 6 nitrogen and oxygen atoms in total. The first-order chi connectivity index (χ1) is 13.0. The molecule has 0 aliphatic carbocycles. The zero-order chi connectivity index (χ0) is 19.4. The van der Waals surface area contributed by atoms with Gasteiger partial charge in [0, 0.05) is 22.8 Å². The number of nitrogens with zero attached hydrogens (tertiary/aromatic N) is 2. The minimum Gasteiger partial charge on any atom is -0.497 e. The van der Waals surface area contributed by atoms with Crippen molar-refractivity contribution in [2.45, 2.75) is 13.8 Å². The summed E-state index contributed by atoms with van der Waals surface area (Å²) in [6, 6.07) is 13.0. The molecule has 1 aromatic heterocycles. The molecule has 1 heterocycles. The number of ether oxygens (including phenoxy) is 2. The number of benzene rings is 2. The molecule has 3 aromatic rings. The van der Waals surface area contributed by atoms with Gasteiger partial charge < -0.3 is 20.1 Å². The Morgan fingerprint density at radius 2 is 1.52 bits per heavy atom. The van der Waals surface area contributed by atoms with Gasteiger partial charge in [0.25, 0.3) is 0 Å². The SMILES string of the molecule is COc1ccc(OC)c(Nc2cc(Nc3ccc(Cl)cc3C)nc(C)n2)c1. The van der Waals surface area contributed by atoms with Gasteiger partial charge in [-0.05, 0) is 49.7 Å². The fourth-order valence-corrected chi connectivity index (χ4v) is 2.88. The molecular formula is C20H21ClN4O2. The lowest BCUT2D eigenvalue weighted by Gasteiger charge is -2.14. The van der Waals surface area contributed by atoms with Gasteiger partial charge in [0.05, 0.1) is 19.9 Å². The monoisotopic (exact) mass is 384 g/mol. The predicted octanol–water partition coefficient (Wildman–Crippen LogP) is 5.25. The maximum atomic E-state index is 6.03. The van der Waals surface area contributed by atoms with Crippen LogP contribution in [0.1, 0.15) is 11.4 Å². The van der Waals surface area contributed by atoms with Gasteiger partial charge in [0.1, 0.15) is 29.0 Å². The van der Waals surface area contributed by atoms with E-state index < -0.39 is 0 Å². The molecule has 0 unspecified atom stereocenters. The second-order valence-electron chi connectivity index (χ2n) is 5.96. The van der Waals surface area contributed by atoms with Crippen LogP contribution in [-0.2, 0) is 0 Å². The lowest BCUT2D eigenvalue weighted by atomic mass is 10.2. The summed E-state index contributed by atoms with van der Waals surface area (Å²) in [5.74, 6) is 3.37. The molecule has 0 fully saturated rings. The van der Waals surface area contributed by atoms with Crippen LogP contribution in [-0.4, -0.2) is 24.2 Å². The van der Waals surface area contributed by atoms with E-state index in [1.54, 1.807) is 14.2 Å². The average Bonchev–Trinajstić information content (AvgIpc) is 2.63. The van der Waals surface area contributed by atoms with Crippen molar-refractivity contribution >= 4 is 34.6 Å². The topological polar surface area (TPSA) is 68.3 Å². The minimum absolute atomic E-state index is 0.635. The number of hydrogen-bond acceptors (Lipinski definition) is 6. The third-order valence-electron chi connectivity index (χ3n) is 3.96. The largest absolute Gasteiger partial charge is 0.497 e. The number of nitrogens with one attached hydrogen (secondary N) is 2. The molecule has 0 saturated heterocycles. The first kappa shape index (κ1) is 18.8. The summed E-state index contributed by atoms with van der Waals surface area (Å²) in [4.78, 5) is 8.92. The highest BCUT2D eigenvalue weighted by Crippen LogP contribution is 2.32. The predicted molar refractivity (Wildman–Crippen MR) is 109 cm³/mol. The van der Waals surface area contributed by atoms with Crippen LogP contribution in [0.2, 0.25) is 5.02 Å². The third kappa shape index (κ3) is 4.60. The fourth-order valence-electron chi connectivity index (χ4n) is 2.65. The lowest BCUT2D eigenvalue weighted by Crippen LogP contribution is -2.03. The number of aryl methyl sites for hydroxylation is 2. The number of anilines is 4. The van der Waals surface area contributed by atoms with Crippen LogP contribution >= 0.6 is 11.6 Å². The average molecular weight is 385 g/mol. The van der Waals surface area contributed by atoms with E-state index >= 15 is 0 Å². The highest BCUT2D eigenvalue weighted by atomic mass is 35.5. The Kier molecular flexibility index (Phi) is 5.66. The van der Waals surface area contributed by atoms with Crippen LogP contribution < -0.4 is 20.1 Å². The standard InChI is InChI=1S/C20H21ClN4O2/c1-12-9-14(21)5-7-16(12)24-19-11-20(23-13(2)22-19)25-17-10-15(26-3)6-8-18(17)27-4/h5-11H,1-4H3,(H2,22,23,24,25). The molecule has 0 aliphatic rings. The first-order valence-electron chi connectivity index (χ1n) is 8.36. The van der Waals surface area contributed by atoms with Crippen molar-refractivity contribution in [1.82, 2.24) is 9.97 Å². The van der Waals surface area contributed by atoms with E-state index in [1.165, 1.54) is 0 Å². The molecule has 27 heavy (non-hydrogen) atoms. The Morgan fingerprint density at radius 3 is 2.15 bits per heavy atom. The molecule has 140 valence electrons. The first-order valence-corrected chi connectivity index (χ1v) is 8.74. The third-order valence-corrected chi connectivity index (χ3v) is 4.19. The quantitative estimate of drug-likeness (QED) is 0.604. The molecule has 2 aromatic carbocycles. The molecule has 0 atom stereocenters. The summed E-state index contributed by atoms with van der Waals surface area (Å²) in [5.41, 5.74) is 2.72. The van der Waals surface area contributed by atoms with Gasteiger partial charge in [-0.15, -0.1) is 0 Å². The number of hydrogen-bond donors (Lipinski definition) is 2. The van der Waals surface area contributed by atoms with Crippen LogP contribution in [0.15, 0.2) is 42.5 Å². The lowest BCUT2D eigenvalue weighted by molar-refractivity contribution is 0.405. The van der Waals surface area contributed by atoms with Gasteiger partial charge in [-0.25, -0.2) is 9.97 Å². The van der Waals surface area contributed by atoms with Crippen molar-refractivity contribution in [3.8, 4) is 11.5 Å². The molecule has 3 rings (SSSR count). The van der Waals surface area contributed by atoms with Gasteiger partial charge in [-0.2, -0.15) is 0 Å². The zero-order valence-electron chi connectivity index (χ0n) is 15.6. The van der Waals surface area contributed by atoms with Gasteiger partial charge in [-0.3, -0.25) is 0 Å². The van der Waals surface area contributed by atoms with Crippen LogP contribution in [0, 0.1) is 13.8 Å². The van der Waals surface area contributed by atoms with Crippen molar-refractivity contribution in [1.29, 1.82) is 0 Å². The zero-order valence-corrected chi connectivity index (χ0v) is 16.4. The Morgan fingerprint density at radius 1 is 0.815 bits per heavy atom. The van der Waals surface area contributed by atoms with Crippen molar-refractivity contribution in [3.63, 3.8) is 0 Å². The van der Waals surface area contributed by atoms with Gasteiger partial charge >= 0.3 is 0 Å². The molecular weight excluding hydrogens is 364 g/mol. The summed E-state index contributed by atoms with van der Waals surface area (Å²) >= 11 is 6.03. The van der Waals surface area contributed by atoms with E-state index in [9.17, 15) is 0 Å². The van der Waals surface area contributed by atoms with Crippen LogP contribution in [0.5, 0.6) is 11.5 Å². The molecule has 2 N–H and O–H groups in total. The number of methoxy groups -OCH3 is 2. The highest BCUT2D eigenvalue weighted by Gasteiger charge is 2.09.